The van der Waals surface area contributed by atoms with Gasteiger partial charge in [0.15, 0.2) is 6.10 Å². The Kier molecular flexibility index (Phi) is 3.89. The van der Waals surface area contributed by atoms with E-state index in [1.807, 2.05) is 18.2 Å². The highest BCUT2D eigenvalue weighted by Gasteiger charge is 2.52. The van der Waals surface area contributed by atoms with Crippen molar-refractivity contribution in [2.24, 2.45) is 17.8 Å². The fourth-order valence-electron chi connectivity index (χ4n) is 5.65. The largest absolute Gasteiger partial charge is 0.367 e. The van der Waals surface area contributed by atoms with Gasteiger partial charge in [-0.25, -0.2) is 0 Å². The molecule has 0 radical (unpaired) electrons. The first kappa shape index (κ1) is 15.5. The van der Waals surface area contributed by atoms with Crippen LogP contribution >= 0.6 is 11.6 Å². The van der Waals surface area contributed by atoms with Crippen LogP contribution in [0.25, 0.3) is 0 Å². The number of ether oxygens (including phenoxy) is 1. The van der Waals surface area contributed by atoms with Crippen LogP contribution in [0, 0.1) is 17.8 Å². The summed E-state index contributed by atoms with van der Waals surface area (Å²) in [4.78, 5) is 12.9. The lowest BCUT2D eigenvalue weighted by atomic mass is 9.53. The van der Waals surface area contributed by atoms with Gasteiger partial charge in [-0.2, -0.15) is 0 Å². The fourth-order valence-corrected chi connectivity index (χ4v) is 5.89. The maximum Gasteiger partial charge on any atom is 0.254 e. The van der Waals surface area contributed by atoms with Crippen molar-refractivity contribution in [2.45, 2.75) is 50.2 Å². The number of carbonyl (C=O) groups is 1. The number of benzene rings is 1. The van der Waals surface area contributed by atoms with E-state index in [1.165, 1.54) is 19.3 Å². The number of nitrogens with one attached hydrogen (secondary N) is 1. The van der Waals surface area contributed by atoms with E-state index < -0.39 is 6.10 Å². The van der Waals surface area contributed by atoms with Gasteiger partial charge < -0.3 is 10.1 Å². The number of hydrogen-bond donors (Lipinski definition) is 1. The third-order valence-electron chi connectivity index (χ3n) is 6.09. The van der Waals surface area contributed by atoms with E-state index >= 15 is 0 Å². The van der Waals surface area contributed by atoms with Crippen molar-refractivity contribution in [3.05, 3.63) is 34.9 Å². The molecule has 1 atom stereocenters. The molecule has 3 nitrogen and oxygen atoms in total. The van der Waals surface area contributed by atoms with Crippen LogP contribution in [0.1, 0.15) is 50.2 Å². The topological polar surface area (TPSA) is 38.3 Å². The number of halogens is 1. The van der Waals surface area contributed by atoms with Crippen LogP contribution in [-0.2, 0) is 9.53 Å². The number of amides is 1. The standard InChI is InChI=1S/C19H24ClNO2/c1-23-17(15-4-2-3-5-16(15)20)18(22)21-19-9-12-6-13(10-19)8-14(7-12)11-19/h2-5,12-14,17H,6-11H2,1H3,(H,21,22). The monoisotopic (exact) mass is 333 g/mol. The Balaban J connectivity index is 1.54. The molecule has 4 fully saturated rings. The number of methoxy groups -OCH3 is 1. The predicted octanol–water partition coefficient (Wildman–Crippen LogP) is 4.11. The van der Waals surface area contributed by atoms with Crippen LogP contribution < -0.4 is 5.32 Å². The van der Waals surface area contributed by atoms with Gasteiger partial charge in [-0.15, -0.1) is 0 Å². The Morgan fingerprint density at radius 2 is 1.74 bits per heavy atom. The maximum atomic E-state index is 12.9. The molecular weight excluding hydrogens is 310 g/mol. The van der Waals surface area contributed by atoms with Crippen LogP contribution in [0.4, 0.5) is 0 Å². The molecule has 1 aromatic carbocycles. The zero-order chi connectivity index (χ0) is 16.0. The molecule has 1 unspecified atom stereocenters. The smallest absolute Gasteiger partial charge is 0.254 e. The van der Waals surface area contributed by atoms with Crippen molar-refractivity contribution in [1.82, 2.24) is 5.32 Å². The summed E-state index contributed by atoms with van der Waals surface area (Å²) in [6.07, 6.45) is 6.90. The summed E-state index contributed by atoms with van der Waals surface area (Å²) >= 11 is 6.26. The predicted molar refractivity (Wildman–Crippen MR) is 90.2 cm³/mol. The molecule has 1 aromatic rings. The molecule has 0 spiro atoms. The minimum atomic E-state index is -0.628. The van der Waals surface area contributed by atoms with Crippen molar-refractivity contribution in [1.29, 1.82) is 0 Å². The quantitative estimate of drug-likeness (QED) is 0.900. The SMILES string of the molecule is COC(C(=O)NC12CC3CC(CC(C3)C1)C2)c1ccccc1Cl. The first-order valence-electron chi connectivity index (χ1n) is 8.68. The van der Waals surface area contributed by atoms with Crippen LogP contribution in [0.15, 0.2) is 24.3 Å². The average molecular weight is 334 g/mol. The lowest BCUT2D eigenvalue weighted by Crippen LogP contribution is -2.60. The highest BCUT2D eigenvalue weighted by Crippen LogP contribution is 2.55. The van der Waals surface area contributed by atoms with Gasteiger partial charge in [0.05, 0.1) is 0 Å². The van der Waals surface area contributed by atoms with Crippen molar-refractivity contribution < 1.29 is 9.53 Å². The molecule has 0 saturated heterocycles. The highest BCUT2D eigenvalue weighted by molar-refractivity contribution is 6.31. The Bertz CT molecular complexity index is 580. The van der Waals surface area contributed by atoms with Gasteiger partial charge in [-0.1, -0.05) is 29.8 Å². The number of carbonyl (C=O) groups excluding carboxylic acids is 1. The number of hydrogen-bond acceptors (Lipinski definition) is 2. The second-order valence-electron chi connectivity index (χ2n) is 7.82. The summed E-state index contributed by atoms with van der Waals surface area (Å²) in [7, 11) is 1.58. The molecule has 4 bridgehead atoms. The van der Waals surface area contributed by atoms with Crippen molar-refractivity contribution in [3.8, 4) is 0 Å². The first-order valence-corrected chi connectivity index (χ1v) is 9.05. The van der Waals surface area contributed by atoms with Gasteiger partial charge in [0.25, 0.3) is 5.91 Å². The molecule has 4 aliphatic rings. The lowest BCUT2D eigenvalue weighted by molar-refractivity contribution is -0.137. The van der Waals surface area contributed by atoms with Gasteiger partial charge in [-0.05, 0) is 62.3 Å². The minimum absolute atomic E-state index is 0.00384. The van der Waals surface area contributed by atoms with E-state index in [4.69, 9.17) is 16.3 Å². The van der Waals surface area contributed by atoms with Gasteiger partial charge >= 0.3 is 0 Å². The second-order valence-corrected chi connectivity index (χ2v) is 8.23. The summed E-state index contributed by atoms with van der Waals surface area (Å²) in [5, 5.41) is 3.96. The Morgan fingerprint density at radius 1 is 1.17 bits per heavy atom. The van der Waals surface area contributed by atoms with Gasteiger partial charge in [0.2, 0.25) is 0 Å². The fraction of sp³-hybridized carbons (Fsp3) is 0.632. The molecule has 4 saturated carbocycles. The molecule has 1 amide bonds. The summed E-state index contributed by atoms with van der Waals surface area (Å²) in [5.74, 6) is 2.39. The molecule has 0 aliphatic heterocycles. The van der Waals surface area contributed by atoms with Crippen LogP contribution in [0.2, 0.25) is 5.02 Å². The Labute approximate surface area is 142 Å². The molecule has 1 N–H and O–H groups in total. The maximum absolute atomic E-state index is 12.9. The molecular formula is C19H24ClNO2. The van der Waals surface area contributed by atoms with E-state index in [0.717, 1.165) is 42.6 Å². The molecule has 0 heterocycles. The Morgan fingerprint density at radius 3 is 2.26 bits per heavy atom. The van der Waals surface area contributed by atoms with Crippen LogP contribution in [-0.4, -0.2) is 18.6 Å². The molecule has 124 valence electrons. The summed E-state index contributed by atoms with van der Waals surface area (Å²) in [6.45, 7) is 0. The van der Waals surface area contributed by atoms with E-state index in [2.05, 4.69) is 5.32 Å². The molecule has 0 aromatic heterocycles. The van der Waals surface area contributed by atoms with Gasteiger partial charge in [-0.3, -0.25) is 4.79 Å². The lowest BCUT2D eigenvalue weighted by Gasteiger charge is -2.57. The van der Waals surface area contributed by atoms with Crippen molar-refractivity contribution in [3.63, 3.8) is 0 Å². The normalized spacial score (nSPS) is 36.0. The van der Waals surface area contributed by atoms with Gasteiger partial charge in [0.1, 0.15) is 0 Å². The first-order chi connectivity index (χ1) is 11.1. The number of rotatable bonds is 4. The van der Waals surface area contributed by atoms with E-state index in [9.17, 15) is 4.79 Å². The average Bonchev–Trinajstić information content (AvgIpc) is 2.48. The van der Waals surface area contributed by atoms with E-state index in [-0.39, 0.29) is 11.4 Å². The van der Waals surface area contributed by atoms with Crippen LogP contribution in [0.5, 0.6) is 0 Å². The molecule has 4 heteroatoms. The van der Waals surface area contributed by atoms with E-state index in [0.29, 0.717) is 5.02 Å². The summed E-state index contributed by atoms with van der Waals surface area (Å²) in [6, 6.07) is 7.44. The summed E-state index contributed by atoms with van der Waals surface area (Å²) < 4.78 is 5.50. The zero-order valence-corrected chi connectivity index (χ0v) is 14.3. The van der Waals surface area contributed by atoms with Crippen molar-refractivity contribution >= 4 is 17.5 Å². The third kappa shape index (κ3) is 2.78. The highest BCUT2D eigenvalue weighted by atomic mass is 35.5. The zero-order valence-electron chi connectivity index (χ0n) is 13.6. The van der Waals surface area contributed by atoms with E-state index in [1.54, 1.807) is 13.2 Å². The Hall–Kier alpha value is -1.06. The second kappa shape index (κ2) is 5.78. The minimum Gasteiger partial charge on any atom is -0.367 e. The summed E-state index contributed by atoms with van der Waals surface area (Å²) in [5.41, 5.74) is 0.753. The van der Waals surface area contributed by atoms with Crippen molar-refractivity contribution in [2.75, 3.05) is 7.11 Å². The van der Waals surface area contributed by atoms with Crippen LogP contribution in [0.3, 0.4) is 0 Å². The molecule has 23 heavy (non-hydrogen) atoms. The molecule has 5 rings (SSSR count). The third-order valence-corrected chi connectivity index (χ3v) is 6.43. The van der Waals surface area contributed by atoms with Gasteiger partial charge in [0, 0.05) is 23.2 Å². The molecule has 4 aliphatic carbocycles.